The van der Waals surface area contributed by atoms with E-state index in [1.807, 2.05) is 20.8 Å². The van der Waals surface area contributed by atoms with Crippen LogP contribution in [0.4, 0.5) is 4.79 Å². The second-order valence-electron chi connectivity index (χ2n) is 7.87. The Balaban J connectivity index is 1.79. The molecule has 0 aromatic carbocycles. The highest BCUT2D eigenvalue weighted by atomic mass is 16.6. The van der Waals surface area contributed by atoms with Crippen LogP contribution in [0.5, 0.6) is 0 Å². The normalized spacial score (nSPS) is 26.1. The summed E-state index contributed by atoms with van der Waals surface area (Å²) >= 11 is 0. The second kappa shape index (κ2) is 7.81. The van der Waals surface area contributed by atoms with Gasteiger partial charge in [-0.25, -0.2) is 4.79 Å². The van der Waals surface area contributed by atoms with E-state index in [1.54, 1.807) is 11.8 Å². The third-order valence-corrected chi connectivity index (χ3v) is 4.53. The first-order chi connectivity index (χ1) is 10.8. The standard InChI is InChI=1S/C17H33N3O3/c1-13(21)12-20(16(22)23-17(2,3)4)11-8-18-14-7-10-19-9-5-6-15(14)19/h13-15,18,21H,5-12H2,1-4H3. The van der Waals surface area contributed by atoms with Gasteiger partial charge in [0.15, 0.2) is 0 Å². The van der Waals surface area contributed by atoms with Gasteiger partial charge >= 0.3 is 6.09 Å². The minimum Gasteiger partial charge on any atom is -0.444 e. The molecule has 0 saturated carbocycles. The Morgan fingerprint density at radius 3 is 2.78 bits per heavy atom. The molecule has 6 nitrogen and oxygen atoms in total. The van der Waals surface area contributed by atoms with Gasteiger partial charge in [-0.05, 0) is 53.5 Å². The van der Waals surface area contributed by atoms with Gasteiger partial charge in [-0.1, -0.05) is 0 Å². The first-order valence-corrected chi connectivity index (χ1v) is 8.89. The van der Waals surface area contributed by atoms with Crippen molar-refractivity contribution in [2.75, 3.05) is 32.7 Å². The number of rotatable bonds is 6. The fourth-order valence-corrected chi connectivity index (χ4v) is 3.61. The van der Waals surface area contributed by atoms with Crippen molar-refractivity contribution in [1.82, 2.24) is 15.1 Å². The number of hydrogen-bond donors (Lipinski definition) is 2. The molecule has 0 spiro atoms. The minimum atomic E-state index is -0.556. The highest BCUT2D eigenvalue weighted by Crippen LogP contribution is 2.27. The first-order valence-electron chi connectivity index (χ1n) is 8.89. The number of aliphatic hydroxyl groups excluding tert-OH is 1. The van der Waals surface area contributed by atoms with E-state index in [4.69, 9.17) is 4.74 Å². The third-order valence-electron chi connectivity index (χ3n) is 4.53. The van der Waals surface area contributed by atoms with Crippen molar-refractivity contribution in [3.63, 3.8) is 0 Å². The van der Waals surface area contributed by atoms with Crippen molar-refractivity contribution >= 4 is 6.09 Å². The molecule has 2 aliphatic heterocycles. The number of carbonyl (C=O) groups is 1. The maximum Gasteiger partial charge on any atom is 0.410 e. The van der Waals surface area contributed by atoms with Crippen LogP contribution in [0.3, 0.4) is 0 Å². The highest BCUT2D eigenvalue weighted by molar-refractivity contribution is 5.68. The molecule has 2 saturated heterocycles. The lowest BCUT2D eigenvalue weighted by Crippen LogP contribution is -2.46. The van der Waals surface area contributed by atoms with Crippen LogP contribution in [-0.2, 0) is 4.74 Å². The van der Waals surface area contributed by atoms with Gasteiger partial charge in [-0.2, -0.15) is 0 Å². The average Bonchev–Trinajstić information content (AvgIpc) is 2.99. The van der Waals surface area contributed by atoms with E-state index in [-0.39, 0.29) is 6.09 Å². The van der Waals surface area contributed by atoms with Crippen LogP contribution in [0, 0.1) is 0 Å². The zero-order chi connectivity index (χ0) is 17.0. The predicted octanol–water partition coefficient (Wildman–Crippen LogP) is 1.43. The summed E-state index contributed by atoms with van der Waals surface area (Å²) in [7, 11) is 0. The molecule has 0 radical (unpaired) electrons. The number of nitrogens with one attached hydrogen (secondary N) is 1. The summed E-state index contributed by atoms with van der Waals surface area (Å²) in [6.45, 7) is 11.3. The molecule has 6 heteroatoms. The molecule has 134 valence electrons. The minimum absolute atomic E-state index is 0.302. The van der Waals surface area contributed by atoms with Crippen LogP contribution < -0.4 is 5.32 Å². The Morgan fingerprint density at radius 1 is 1.39 bits per heavy atom. The summed E-state index contributed by atoms with van der Waals surface area (Å²) in [4.78, 5) is 16.4. The Bertz CT molecular complexity index is 395. The molecule has 0 aromatic heterocycles. The molecule has 2 fully saturated rings. The molecule has 2 aliphatic rings. The summed E-state index contributed by atoms with van der Waals surface area (Å²) < 4.78 is 5.43. The number of hydrogen-bond acceptors (Lipinski definition) is 5. The van der Waals surface area contributed by atoms with Crippen LogP contribution in [-0.4, -0.2) is 77.5 Å². The number of aliphatic hydroxyl groups is 1. The van der Waals surface area contributed by atoms with Crippen LogP contribution in [0.1, 0.15) is 47.0 Å². The molecule has 2 N–H and O–H groups in total. The molecule has 3 atom stereocenters. The quantitative estimate of drug-likeness (QED) is 0.773. The number of ether oxygens (including phenoxy) is 1. The first kappa shape index (κ1) is 18.5. The molecule has 0 bridgehead atoms. The van der Waals surface area contributed by atoms with Crippen molar-refractivity contribution in [3.05, 3.63) is 0 Å². The number of nitrogens with zero attached hydrogens (tertiary/aromatic N) is 2. The van der Waals surface area contributed by atoms with Crippen LogP contribution in [0.15, 0.2) is 0 Å². The lowest BCUT2D eigenvalue weighted by atomic mass is 10.1. The number of amides is 1. The third kappa shape index (κ3) is 5.62. The van der Waals surface area contributed by atoms with Gasteiger partial charge < -0.3 is 20.1 Å². The lowest BCUT2D eigenvalue weighted by Gasteiger charge is -2.29. The molecule has 1 amide bonds. The van der Waals surface area contributed by atoms with Crippen molar-refractivity contribution in [2.24, 2.45) is 0 Å². The van der Waals surface area contributed by atoms with Crippen molar-refractivity contribution < 1.29 is 14.6 Å². The fraction of sp³-hybridized carbons (Fsp3) is 0.941. The van der Waals surface area contributed by atoms with Gasteiger partial charge in [0.2, 0.25) is 0 Å². The smallest absolute Gasteiger partial charge is 0.410 e. The van der Waals surface area contributed by atoms with Crippen LogP contribution >= 0.6 is 0 Å². The molecule has 0 aromatic rings. The summed E-state index contributed by atoms with van der Waals surface area (Å²) in [5, 5.41) is 13.2. The SMILES string of the molecule is CC(O)CN(CCNC1CCN2CCCC12)C(=O)OC(C)(C)C. The van der Waals surface area contributed by atoms with E-state index in [0.29, 0.717) is 25.2 Å². The largest absolute Gasteiger partial charge is 0.444 e. The second-order valence-corrected chi connectivity index (χ2v) is 7.87. The van der Waals surface area contributed by atoms with E-state index < -0.39 is 11.7 Å². The number of carbonyl (C=O) groups excluding carboxylic acids is 1. The van der Waals surface area contributed by atoms with Gasteiger partial charge in [0.1, 0.15) is 5.60 Å². The lowest BCUT2D eigenvalue weighted by molar-refractivity contribution is 0.0162. The molecular weight excluding hydrogens is 294 g/mol. The molecular formula is C17H33N3O3. The zero-order valence-corrected chi connectivity index (χ0v) is 15.0. The van der Waals surface area contributed by atoms with E-state index in [2.05, 4.69) is 10.2 Å². The summed E-state index contributed by atoms with van der Waals surface area (Å²) in [5.74, 6) is 0. The van der Waals surface area contributed by atoms with Crippen LogP contribution in [0.2, 0.25) is 0 Å². The van der Waals surface area contributed by atoms with E-state index in [0.717, 1.165) is 6.54 Å². The zero-order valence-electron chi connectivity index (χ0n) is 15.0. The van der Waals surface area contributed by atoms with E-state index in [1.165, 1.54) is 32.4 Å². The van der Waals surface area contributed by atoms with Crippen LogP contribution in [0.25, 0.3) is 0 Å². The molecule has 3 unspecified atom stereocenters. The monoisotopic (exact) mass is 327 g/mol. The van der Waals surface area contributed by atoms with Gasteiger partial charge in [-0.15, -0.1) is 0 Å². The Kier molecular flexibility index (Phi) is 6.28. The number of fused-ring (bicyclic) bond motifs is 1. The Hall–Kier alpha value is -0.850. The summed E-state index contributed by atoms with van der Waals surface area (Å²) in [6, 6.07) is 1.20. The maximum absolute atomic E-state index is 12.3. The highest BCUT2D eigenvalue weighted by Gasteiger charge is 2.36. The maximum atomic E-state index is 12.3. The van der Waals surface area contributed by atoms with Gasteiger partial charge in [0.05, 0.1) is 6.10 Å². The fourth-order valence-electron chi connectivity index (χ4n) is 3.61. The Morgan fingerprint density at radius 2 is 2.13 bits per heavy atom. The van der Waals surface area contributed by atoms with E-state index >= 15 is 0 Å². The molecule has 0 aliphatic carbocycles. The average molecular weight is 327 g/mol. The predicted molar refractivity (Wildman–Crippen MR) is 90.5 cm³/mol. The molecule has 2 rings (SSSR count). The topological polar surface area (TPSA) is 65.0 Å². The van der Waals surface area contributed by atoms with Crippen molar-refractivity contribution in [3.8, 4) is 0 Å². The van der Waals surface area contributed by atoms with Gasteiger partial charge in [-0.3, -0.25) is 4.90 Å². The summed E-state index contributed by atoms with van der Waals surface area (Å²) in [5.41, 5.74) is -0.517. The Labute approximate surface area is 140 Å². The van der Waals surface area contributed by atoms with Gasteiger partial charge in [0, 0.05) is 38.3 Å². The van der Waals surface area contributed by atoms with Crippen molar-refractivity contribution in [1.29, 1.82) is 0 Å². The van der Waals surface area contributed by atoms with E-state index in [9.17, 15) is 9.90 Å². The molecule has 23 heavy (non-hydrogen) atoms. The van der Waals surface area contributed by atoms with Gasteiger partial charge in [0.25, 0.3) is 0 Å². The summed E-state index contributed by atoms with van der Waals surface area (Å²) in [6.07, 6.45) is 2.86. The van der Waals surface area contributed by atoms with Crippen molar-refractivity contribution in [2.45, 2.75) is 70.7 Å². The molecule has 2 heterocycles.